The SMILES string of the molecule is CN1CC=C(c2cc(C(=O)Nc3cc4cc(-c5cnn(C)c5)ccc4nn3)ccn2)CC1. The quantitative estimate of drug-likeness (QED) is 0.539. The average molecular weight is 425 g/mol. The Morgan fingerprint density at radius 2 is 1.97 bits per heavy atom. The second-order valence-corrected chi connectivity index (χ2v) is 8.03. The molecule has 1 N–H and O–H groups in total. The van der Waals surface area contributed by atoms with Crippen molar-refractivity contribution in [3.63, 3.8) is 0 Å². The van der Waals surface area contributed by atoms with E-state index in [1.165, 1.54) is 5.57 Å². The van der Waals surface area contributed by atoms with Crippen LogP contribution < -0.4 is 5.32 Å². The molecule has 0 radical (unpaired) electrons. The third-order valence-corrected chi connectivity index (χ3v) is 5.63. The van der Waals surface area contributed by atoms with Crippen molar-refractivity contribution in [3.8, 4) is 11.1 Å². The highest BCUT2D eigenvalue weighted by Gasteiger charge is 2.14. The topological polar surface area (TPSA) is 88.8 Å². The van der Waals surface area contributed by atoms with Crippen molar-refractivity contribution in [3.05, 3.63) is 72.3 Å². The van der Waals surface area contributed by atoms with Crippen LogP contribution in [0, 0.1) is 0 Å². The molecule has 0 atom stereocenters. The summed E-state index contributed by atoms with van der Waals surface area (Å²) < 4.78 is 1.76. The van der Waals surface area contributed by atoms with Crippen LogP contribution in [0.4, 0.5) is 5.82 Å². The van der Waals surface area contributed by atoms with Gasteiger partial charge in [-0.05, 0) is 54.9 Å². The van der Waals surface area contributed by atoms with Crippen LogP contribution in [0.2, 0.25) is 0 Å². The molecule has 3 aromatic heterocycles. The fourth-order valence-corrected chi connectivity index (χ4v) is 3.80. The molecule has 0 unspecified atom stereocenters. The van der Waals surface area contributed by atoms with Crippen molar-refractivity contribution >= 4 is 28.2 Å². The highest BCUT2D eigenvalue weighted by Crippen LogP contribution is 2.25. The Morgan fingerprint density at radius 1 is 1.06 bits per heavy atom. The fraction of sp³-hybridized carbons (Fsp3) is 0.208. The van der Waals surface area contributed by atoms with Gasteiger partial charge in [-0.2, -0.15) is 5.10 Å². The molecule has 0 saturated carbocycles. The van der Waals surface area contributed by atoms with Crippen LogP contribution >= 0.6 is 0 Å². The smallest absolute Gasteiger partial charge is 0.256 e. The summed E-state index contributed by atoms with van der Waals surface area (Å²) in [5, 5.41) is 16.4. The second-order valence-electron chi connectivity index (χ2n) is 8.03. The van der Waals surface area contributed by atoms with Gasteiger partial charge in [0, 0.05) is 49.0 Å². The number of benzene rings is 1. The van der Waals surface area contributed by atoms with Crippen LogP contribution in [-0.2, 0) is 7.05 Å². The molecule has 160 valence electrons. The molecule has 4 aromatic rings. The van der Waals surface area contributed by atoms with Crippen molar-refractivity contribution in [1.29, 1.82) is 0 Å². The number of fused-ring (bicyclic) bond motifs is 1. The molecule has 0 spiro atoms. The van der Waals surface area contributed by atoms with Gasteiger partial charge in [-0.25, -0.2) is 0 Å². The number of aryl methyl sites for hydroxylation is 1. The second kappa shape index (κ2) is 8.32. The number of likely N-dealkylation sites (N-methyl/N-ethyl adjacent to an activating group) is 1. The number of nitrogens with one attached hydrogen (secondary N) is 1. The summed E-state index contributed by atoms with van der Waals surface area (Å²) in [5.74, 6) is 0.168. The summed E-state index contributed by atoms with van der Waals surface area (Å²) in [4.78, 5) is 19.6. The molecular formula is C24H23N7O. The van der Waals surface area contributed by atoms with Crippen LogP contribution in [0.3, 0.4) is 0 Å². The van der Waals surface area contributed by atoms with Gasteiger partial charge in [0.15, 0.2) is 5.82 Å². The summed E-state index contributed by atoms with van der Waals surface area (Å²) >= 11 is 0. The van der Waals surface area contributed by atoms with Crippen LogP contribution in [-0.4, -0.2) is 55.9 Å². The number of carbonyl (C=O) groups excluding carboxylic acids is 1. The lowest BCUT2D eigenvalue weighted by molar-refractivity contribution is 0.102. The van der Waals surface area contributed by atoms with Crippen LogP contribution in [0.15, 0.2) is 61.1 Å². The Hall–Kier alpha value is -3.91. The molecule has 1 aromatic carbocycles. The molecule has 0 bridgehead atoms. The Labute approximate surface area is 185 Å². The number of anilines is 1. The van der Waals surface area contributed by atoms with E-state index in [1.807, 2.05) is 49.8 Å². The van der Waals surface area contributed by atoms with Gasteiger partial charge >= 0.3 is 0 Å². The fourth-order valence-electron chi connectivity index (χ4n) is 3.80. The van der Waals surface area contributed by atoms with E-state index in [0.29, 0.717) is 11.4 Å². The monoisotopic (exact) mass is 425 g/mol. The first-order valence-electron chi connectivity index (χ1n) is 10.5. The third kappa shape index (κ3) is 4.13. The van der Waals surface area contributed by atoms with Crippen molar-refractivity contribution in [2.75, 3.05) is 25.5 Å². The Bertz CT molecular complexity index is 1340. The summed E-state index contributed by atoms with van der Waals surface area (Å²) in [7, 11) is 3.98. The molecule has 5 rings (SSSR count). The standard InChI is InChI=1S/C24H23N7O/c1-30-9-6-16(7-10-30)22-12-18(5-8-25-22)24(32)27-23-13-19-11-17(3-4-21(19)28-29-23)20-14-26-31(2)15-20/h3-6,8,11-15H,7,9-10H2,1-2H3,(H,27,29,32). The molecule has 1 aliphatic rings. The van der Waals surface area contributed by atoms with Crippen LogP contribution in [0.25, 0.3) is 27.6 Å². The maximum absolute atomic E-state index is 12.9. The average Bonchev–Trinajstić information content (AvgIpc) is 3.25. The molecule has 8 heteroatoms. The molecule has 8 nitrogen and oxygen atoms in total. The number of hydrogen-bond donors (Lipinski definition) is 1. The van der Waals surface area contributed by atoms with E-state index < -0.39 is 0 Å². The summed E-state index contributed by atoms with van der Waals surface area (Å²) in [6.45, 7) is 1.87. The highest BCUT2D eigenvalue weighted by atomic mass is 16.1. The summed E-state index contributed by atoms with van der Waals surface area (Å²) in [6, 6.07) is 11.3. The lowest BCUT2D eigenvalue weighted by Crippen LogP contribution is -2.24. The van der Waals surface area contributed by atoms with Gasteiger partial charge in [-0.15, -0.1) is 10.2 Å². The number of carbonyl (C=O) groups is 1. The van der Waals surface area contributed by atoms with Gasteiger partial charge in [0.25, 0.3) is 5.91 Å². The van der Waals surface area contributed by atoms with E-state index in [9.17, 15) is 4.79 Å². The Morgan fingerprint density at radius 3 is 2.75 bits per heavy atom. The maximum Gasteiger partial charge on any atom is 0.256 e. The summed E-state index contributed by atoms with van der Waals surface area (Å²) in [5.41, 5.74) is 5.37. The Kier molecular flexibility index (Phi) is 5.20. The number of aromatic nitrogens is 5. The Balaban J connectivity index is 1.38. The lowest BCUT2D eigenvalue weighted by atomic mass is 10.0. The van der Waals surface area contributed by atoms with Crippen molar-refractivity contribution < 1.29 is 4.79 Å². The zero-order valence-corrected chi connectivity index (χ0v) is 18.0. The van der Waals surface area contributed by atoms with Crippen LogP contribution in [0.5, 0.6) is 0 Å². The zero-order chi connectivity index (χ0) is 22.1. The first kappa shape index (κ1) is 20.0. The van der Waals surface area contributed by atoms with Gasteiger partial charge in [0.1, 0.15) is 0 Å². The van der Waals surface area contributed by atoms with E-state index in [1.54, 1.807) is 16.9 Å². The van der Waals surface area contributed by atoms with Crippen LogP contribution in [0.1, 0.15) is 22.5 Å². The van der Waals surface area contributed by atoms with E-state index in [2.05, 4.69) is 43.6 Å². The van der Waals surface area contributed by atoms with Gasteiger partial charge in [-0.3, -0.25) is 14.5 Å². The molecule has 0 saturated heterocycles. The summed E-state index contributed by atoms with van der Waals surface area (Å²) in [6.07, 6.45) is 8.54. The first-order valence-corrected chi connectivity index (χ1v) is 10.5. The maximum atomic E-state index is 12.9. The number of rotatable bonds is 4. The normalized spacial score (nSPS) is 14.4. The minimum absolute atomic E-state index is 0.237. The molecular weight excluding hydrogens is 402 g/mol. The molecule has 1 amide bonds. The predicted molar refractivity (Wildman–Crippen MR) is 124 cm³/mol. The van der Waals surface area contributed by atoms with E-state index >= 15 is 0 Å². The van der Waals surface area contributed by atoms with E-state index in [4.69, 9.17) is 0 Å². The van der Waals surface area contributed by atoms with E-state index in [0.717, 1.165) is 47.2 Å². The number of pyridine rings is 1. The molecule has 32 heavy (non-hydrogen) atoms. The van der Waals surface area contributed by atoms with E-state index in [-0.39, 0.29) is 5.91 Å². The van der Waals surface area contributed by atoms with Crippen molar-refractivity contribution in [2.45, 2.75) is 6.42 Å². The minimum atomic E-state index is -0.237. The number of nitrogens with zero attached hydrogens (tertiary/aromatic N) is 6. The molecule has 1 aliphatic heterocycles. The molecule has 0 fully saturated rings. The van der Waals surface area contributed by atoms with Crippen molar-refractivity contribution in [2.24, 2.45) is 7.05 Å². The molecule has 0 aliphatic carbocycles. The number of hydrogen-bond acceptors (Lipinski definition) is 6. The van der Waals surface area contributed by atoms with Gasteiger partial charge in [-0.1, -0.05) is 12.1 Å². The minimum Gasteiger partial charge on any atom is -0.305 e. The van der Waals surface area contributed by atoms with Gasteiger partial charge in [0.2, 0.25) is 0 Å². The van der Waals surface area contributed by atoms with Gasteiger partial charge in [0.05, 0.1) is 17.4 Å². The first-order chi connectivity index (χ1) is 15.5. The van der Waals surface area contributed by atoms with Gasteiger partial charge < -0.3 is 10.2 Å². The largest absolute Gasteiger partial charge is 0.305 e. The lowest BCUT2D eigenvalue weighted by Gasteiger charge is -2.21. The molecule has 4 heterocycles. The third-order valence-electron chi connectivity index (χ3n) is 5.63. The zero-order valence-electron chi connectivity index (χ0n) is 18.0. The highest BCUT2D eigenvalue weighted by molar-refractivity contribution is 6.04. The number of amides is 1. The predicted octanol–water partition coefficient (Wildman–Crippen LogP) is 3.40. The van der Waals surface area contributed by atoms with Crippen molar-refractivity contribution in [1.82, 2.24) is 29.9 Å².